The minimum Gasteiger partial charge on any atom is -0.477 e. The van der Waals surface area contributed by atoms with E-state index in [1.807, 2.05) is 0 Å². The lowest BCUT2D eigenvalue weighted by Crippen LogP contribution is -2.08. The monoisotopic (exact) mass is 283 g/mol. The number of aromatic nitrogens is 1. The summed E-state index contributed by atoms with van der Waals surface area (Å²) in [5.41, 5.74) is -1.57. The molecule has 0 spiro atoms. The minimum absolute atomic E-state index is 0.0631. The maximum absolute atomic E-state index is 13.0. The van der Waals surface area contributed by atoms with E-state index < -0.39 is 29.6 Å². The first-order valence-electron chi connectivity index (χ1n) is 3.74. The van der Waals surface area contributed by atoms with Gasteiger partial charge in [0.05, 0.1) is 5.56 Å². The first-order chi connectivity index (χ1) is 6.97. The number of carboxylic acid groups (broad SMARTS) is 1. The summed E-state index contributed by atoms with van der Waals surface area (Å²) in [5, 5.41) is 8.46. The molecule has 0 unspecified atom stereocenters. The minimum atomic E-state index is -3.02. The fourth-order valence-electron chi connectivity index (χ4n) is 1.02. The normalized spacial score (nSPS) is 10.7. The van der Waals surface area contributed by atoms with E-state index in [9.17, 15) is 18.0 Å². The van der Waals surface area contributed by atoms with Gasteiger partial charge in [-0.15, -0.1) is 0 Å². The summed E-state index contributed by atoms with van der Waals surface area (Å²) in [6, 6.07) is 0.918. The Kier molecular flexibility index (Phi) is 3.67. The molecule has 3 nitrogen and oxygen atoms in total. The molecule has 1 heterocycles. The lowest BCUT2D eigenvalue weighted by atomic mass is 10.1. The van der Waals surface area contributed by atoms with Crippen LogP contribution in [0.4, 0.5) is 13.2 Å². The molecule has 1 N–H and O–H groups in total. The van der Waals surface area contributed by atoms with E-state index in [4.69, 9.17) is 5.11 Å². The lowest BCUT2D eigenvalue weighted by molar-refractivity contribution is 0.0687. The van der Waals surface area contributed by atoms with Crippen molar-refractivity contribution in [2.75, 3.05) is 0 Å². The summed E-state index contributed by atoms with van der Waals surface area (Å²) in [6.45, 7) is 0. The fraction of sp³-hybridized carbons (Fsp3) is 0.250. The van der Waals surface area contributed by atoms with Crippen LogP contribution in [0.25, 0.3) is 0 Å². The van der Waals surface area contributed by atoms with E-state index in [-0.39, 0.29) is 10.9 Å². The highest BCUT2D eigenvalue weighted by Gasteiger charge is 2.22. The van der Waals surface area contributed by atoms with Gasteiger partial charge in [-0.2, -0.15) is 4.39 Å². The van der Waals surface area contributed by atoms with E-state index >= 15 is 0 Å². The van der Waals surface area contributed by atoms with Crippen molar-refractivity contribution in [1.82, 2.24) is 4.98 Å². The number of rotatable bonds is 3. The van der Waals surface area contributed by atoms with Crippen LogP contribution in [0.5, 0.6) is 0 Å². The molecule has 1 rings (SSSR count). The summed E-state index contributed by atoms with van der Waals surface area (Å²) in [7, 11) is 0. The molecule has 7 heteroatoms. The molecule has 1 aromatic rings. The summed E-state index contributed by atoms with van der Waals surface area (Å²) in [4.78, 5) is 13.4. The SMILES string of the molecule is O=C(O)c1cc(CBr)c(C(F)F)c(F)n1. The Morgan fingerprint density at radius 2 is 2.20 bits per heavy atom. The van der Waals surface area contributed by atoms with Gasteiger partial charge in [0.25, 0.3) is 6.43 Å². The van der Waals surface area contributed by atoms with Crippen LogP contribution in [0.2, 0.25) is 0 Å². The fourth-order valence-corrected chi connectivity index (χ4v) is 1.49. The van der Waals surface area contributed by atoms with Crippen LogP contribution in [0.15, 0.2) is 6.07 Å². The molecule has 0 aromatic carbocycles. The molecule has 0 bridgehead atoms. The lowest BCUT2D eigenvalue weighted by Gasteiger charge is -2.07. The second-order valence-electron chi connectivity index (χ2n) is 2.61. The summed E-state index contributed by atoms with van der Waals surface area (Å²) < 4.78 is 37.8. The number of carbonyl (C=O) groups is 1. The van der Waals surface area contributed by atoms with Gasteiger partial charge in [-0.25, -0.2) is 18.6 Å². The van der Waals surface area contributed by atoms with E-state index in [2.05, 4.69) is 20.9 Å². The van der Waals surface area contributed by atoms with Crippen molar-refractivity contribution < 1.29 is 23.1 Å². The molecule has 0 atom stereocenters. The molecule has 82 valence electrons. The van der Waals surface area contributed by atoms with Crippen molar-refractivity contribution in [3.8, 4) is 0 Å². The average Bonchev–Trinajstić information content (AvgIpc) is 2.15. The first kappa shape index (κ1) is 12.0. The Hall–Kier alpha value is -1.11. The number of nitrogens with zero attached hydrogens (tertiary/aromatic N) is 1. The maximum Gasteiger partial charge on any atom is 0.354 e. The Morgan fingerprint density at radius 1 is 1.60 bits per heavy atom. The summed E-state index contributed by atoms with van der Waals surface area (Å²) in [5.74, 6) is -2.91. The molecule has 0 aliphatic heterocycles. The van der Waals surface area contributed by atoms with Crippen molar-refractivity contribution in [2.24, 2.45) is 0 Å². The van der Waals surface area contributed by atoms with Crippen LogP contribution >= 0.6 is 15.9 Å². The molecule has 0 saturated carbocycles. The van der Waals surface area contributed by atoms with Crippen LogP contribution in [0.3, 0.4) is 0 Å². The van der Waals surface area contributed by atoms with Gasteiger partial charge in [-0.05, 0) is 11.6 Å². The Balaban J connectivity index is 3.37. The van der Waals surface area contributed by atoms with Gasteiger partial charge in [0, 0.05) is 5.33 Å². The van der Waals surface area contributed by atoms with Crippen molar-refractivity contribution in [1.29, 1.82) is 0 Å². The second-order valence-corrected chi connectivity index (χ2v) is 3.17. The smallest absolute Gasteiger partial charge is 0.354 e. The molecule has 15 heavy (non-hydrogen) atoms. The molecule has 0 amide bonds. The predicted molar refractivity (Wildman–Crippen MR) is 48.7 cm³/mol. The van der Waals surface area contributed by atoms with Gasteiger partial charge in [-0.3, -0.25) is 0 Å². The molecular formula is C8H5BrF3NO2. The second kappa shape index (κ2) is 4.61. The molecule has 0 saturated heterocycles. The van der Waals surface area contributed by atoms with Crippen LogP contribution in [-0.2, 0) is 5.33 Å². The van der Waals surface area contributed by atoms with Crippen LogP contribution in [0.1, 0.15) is 28.0 Å². The standard InChI is InChI=1S/C8H5BrF3NO2/c9-2-3-1-4(8(14)15)13-7(12)5(3)6(10)11/h1,6H,2H2,(H,14,15). The zero-order valence-electron chi connectivity index (χ0n) is 7.18. The van der Waals surface area contributed by atoms with Gasteiger partial charge >= 0.3 is 5.97 Å². The van der Waals surface area contributed by atoms with E-state index in [1.165, 1.54) is 0 Å². The predicted octanol–water partition coefficient (Wildman–Crippen LogP) is 2.75. The van der Waals surface area contributed by atoms with Crippen LogP contribution in [0, 0.1) is 5.95 Å². The maximum atomic E-state index is 13.0. The highest BCUT2D eigenvalue weighted by molar-refractivity contribution is 9.08. The van der Waals surface area contributed by atoms with Gasteiger partial charge in [-0.1, -0.05) is 15.9 Å². The van der Waals surface area contributed by atoms with Crippen molar-refractivity contribution in [2.45, 2.75) is 11.8 Å². The van der Waals surface area contributed by atoms with Crippen molar-refractivity contribution in [3.05, 3.63) is 28.8 Å². The third-order valence-electron chi connectivity index (χ3n) is 1.68. The Morgan fingerprint density at radius 3 is 2.60 bits per heavy atom. The first-order valence-corrected chi connectivity index (χ1v) is 4.86. The largest absolute Gasteiger partial charge is 0.477 e. The number of halogens is 4. The Bertz CT molecular complexity index is 398. The topological polar surface area (TPSA) is 50.2 Å². The number of aromatic carboxylic acids is 1. The van der Waals surface area contributed by atoms with Gasteiger partial charge in [0.1, 0.15) is 0 Å². The van der Waals surface area contributed by atoms with Crippen LogP contribution < -0.4 is 0 Å². The molecule has 0 fully saturated rings. The van der Waals surface area contributed by atoms with Crippen molar-refractivity contribution >= 4 is 21.9 Å². The summed E-state index contributed by atoms with van der Waals surface area (Å²) in [6.07, 6.45) is -3.02. The molecule has 0 radical (unpaired) electrons. The number of pyridine rings is 1. The van der Waals surface area contributed by atoms with Gasteiger partial charge in [0.2, 0.25) is 5.95 Å². The Labute approximate surface area is 91.1 Å². The molecule has 0 aliphatic rings. The van der Waals surface area contributed by atoms with Crippen molar-refractivity contribution in [3.63, 3.8) is 0 Å². The van der Waals surface area contributed by atoms with E-state index in [0.29, 0.717) is 0 Å². The highest BCUT2D eigenvalue weighted by Crippen LogP contribution is 2.27. The molecule has 1 aromatic heterocycles. The number of hydrogen-bond acceptors (Lipinski definition) is 2. The zero-order valence-corrected chi connectivity index (χ0v) is 8.76. The third kappa shape index (κ3) is 2.47. The number of carboxylic acids is 1. The highest BCUT2D eigenvalue weighted by atomic mass is 79.9. The van der Waals surface area contributed by atoms with Crippen LogP contribution in [-0.4, -0.2) is 16.1 Å². The molecule has 0 aliphatic carbocycles. The summed E-state index contributed by atoms with van der Waals surface area (Å²) >= 11 is 2.87. The quantitative estimate of drug-likeness (QED) is 0.686. The third-order valence-corrected chi connectivity index (χ3v) is 2.28. The molecular weight excluding hydrogens is 279 g/mol. The number of alkyl halides is 3. The van der Waals surface area contributed by atoms with Gasteiger partial charge in [0.15, 0.2) is 5.69 Å². The van der Waals surface area contributed by atoms with E-state index in [1.54, 1.807) is 0 Å². The van der Waals surface area contributed by atoms with E-state index in [0.717, 1.165) is 6.07 Å². The average molecular weight is 284 g/mol. The van der Waals surface area contributed by atoms with Gasteiger partial charge < -0.3 is 5.11 Å². The zero-order chi connectivity index (χ0) is 11.6. The number of hydrogen-bond donors (Lipinski definition) is 1.